The van der Waals surface area contributed by atoms with Gasteiger partial charge in [-0.25, -0.2) is 23.6 Å². The van der Waals surface area contributed by atoms with E-state index in [0.717, 1.165) is 7.11 Å². The molecule has 0 aliphatic carbocycles. The highest BCUT2D eigenvalue weighted by atomic mass is 19.1. The van der Waals surface area contributed by atoms with Crippen molar-refractivity contribution in [2.45, 2.75) is 36.9 Å². The predicted octanol–water partition coefficient (Wildman–Crippen LogP) is 5.23. The van der Waals surface area contributed by atoms with Crippen LogP contribution in [-0.2, 0) is 28.4 Å². The zero-order valence-electron chi connectivity index (χ0n) is 25.2. The molecule has 0 spiro atoms. The van der Waals surface area contributed by atoms with E-state index in [1.54, 1.807) is 72.8 Å². The highest BCUT2D eigenvalue weighted by Gasteiger charge is 2.54. The van der Waals surface area contributed by atoms with Crippen LogP contribution in [0.2, 0.25) is 0 Å². The fourth-order valence-corrected chi connectivity index (χ4v) is 4.90. The average molecular weight is 643 g/mol. The summed E-state index contributed by atoms with van der Waals surface area (Å²) in [5, 5.41) is 0. The van der Waals surface area contributed by atoms with Crippen molar-refractivity contribution in [1.29, 1.82) is 0 Å². The fraction of sp³-hybridized carbons (Fsp3) is 0.222. The molecule has 47 heavy (non-hydrogen) atoms. The molecule has 11 heteroatoms. The molecule has 1 fully saturated rings. The van der Waals surface area contributed by atoms with Crippen LogP contribution >= 0.6 is 0 Å². The number of esters is 4. The molecule has 1 heterocycles. The highest BCUT2D eigenvalue weighted by molar-refractivity contribution is 5.91. The van der Waals surface area contributed by atoms with Gasteiger partial charge in [-0.05, 0) is 48.5 Å². The highest BCUT2D eigenvalue weighted by Crippen LogP contribution is 2.32. The molecule has 1 aliphatic rings. The second-order valence-electron chi connectivity index (χ2n) is 10.4. The Labute approximate surface area is 269 Å². The second kappa shape index (κ2) is 15.7. The van der Waals surface area contributed by atoms with Crippen molar-refractivity contribution in [3.8, 4) is 0 Å². The van der Waals surface area contributed by atoms with E-state index in [9.17, 15) is 19.2 Å². The van der Waals surface area contributed by atoms with E-state index in [-0.39, 0.29) is 22.3 Å². The van der Waals surface area contributed by atoms with Crippen LogP contribution in [0.15, 0.2) is 121 Å². The van der Waals surface area contributed by atoms with Crippen LogP contribution in [0.5, 0.6) is 0 Å². The lowest BCUT2D eigenvalue weighted by Crippen LogP contribution is -2.53. The van der Waals surface area contributed by atoms with Gasteiger partial charge in [-0.3, -0.25) is 0 Å². The van der Waals surface area contributed by atoms with Crippen molar-refractivity contribution in [2.75, 3.05) is 13.7 Å². The molecule has 242 valence electrons. The number of methoxy groups -OCH3 is 1. The molecule has 1 aliphatic heterocycles. The summed E-state index contributed by atoms with van der Waals surface area (Å²) in [7, 11) is 1.15. The number of carbonyl (C=O) groups is 4. The van der Waals surface area contributed by atoms with Crippen LogP contribution in [0.25, 0.3) is 0 Å². The first kappa shape index (κ1) is 33.0. The molecule has 0 amide bonds. The monoisotopic (exact) mass is 642 g/mol. The number of halogens is 1. The summed E-state index contributed by atoms with van der Waals surface area (Å²) in [6.07, 6.45) is -10.9. The number of hydrogen-bond acceptors (Lipinski definition) is 10. The maximum atomic E-state index is 16.5. The lowest BCUT2D eigenvalue weighted by molar-refractivity contribution is -0.207. The van der Waals surface area contributed by atoms with E-state index in [0.29, 0.717) is 0 Å². The number of hydrogen-bond donors (Lipinski definition) is 0. The van der Waals surface area contributed by atoms with Gasteiger partial charge in [-0.15, -0.1) is 0 Å². The maximum absolute atomic E-state index is 16.5. The Hall–Kier alpha value is -5.39. The van der Waals surface area contributed by atoms with Gasteiger partial charge in [-0.2, -0.15) is 0 Å². The normalized spacial score (nSPS) is 22.3. The minimum absolute atomic E-state index is 0.0816. The molecular formula is C36H31FO10. The molecule has 4 aromatic carbocycles. The summed E-state index contributed by atoms with van der Waals surface area (Å²) >= 11 is 0. The molecule has 6 atom stereocenters. The molecule has 0 aromatic heterocycles. The lowest BCUT2D eigenvalue weighted by Gasteiger charge is -2.33. The van der Waals surface area contributed by atoms with Crippen LogP contribution in [-0.4, -0.2) is 74.5 Å². The summed E-state index contributed by atoms with van der Waals surface area (Å²) < 4.78 is 50.5. The smallest absolute Gasteiger partial charge is 0.338 e. The van der Waals surface area contributed by atoms with E-state index in [4.69, 9.17) is 28.4 Å². The topological polar surface area (TPSA) is 124 Å². The Bertz CT molecular complexity index is 1640. The van der Waals surface area contributed by atoms with Gasteiger partial charge < -0.3 is 28.4 Å². The second-order valence-corrected chi connectivity index (χ2v) is 10.4. The van der Waals surface area contributed by atoms with Gasteiger partial charge in [0.1, 0.15) is 12.7 Å². The third-order valence-electron chi connectivity index (χ3n) is 7.28. The molecule has 0 saturated carbocycles. The van der Waals surface area contributed by atoms with Crippen molar-refractivity contribution in [3.63, 3.8) is 0 Å². The Morgan fingerprint density at radius 1 is 0.553 bits per heavy atom. The SMILES string of the molecule is CO[C@@H]1OC(COC(=O)c2ccccc2)[C@H](OC(=O)c2ccccc2)[C@H](OC(=O)c2ccccc2)C(OC(=O)c2ccccc2)C1F. The molecule has 0 radical (unpaired) electrons. The lowest BCUT2D eigenvalue weighted by atomic mass is 10.00. The van der Waals surface area contributed by atoms with Crippen molar-refractivity contribution < 1.29 is 52.0 Å². The number of carbonyl (C=O) groups excluding carboxylic acids is 4. The molecule has 1 saturated heterocycles. The zero-order valence-corrected chi connectivity index (χ0v) is 25.2. The zero-order chi connectivity index (χ0) is 33.2. The summed E-state index contributed by atoms with van der Waals surface area (Å²) in [4.78, 5) is 53.1. The first-order valence-corrected chi connectivity index (χ1v) is 14.7. The van der Waals surface area contributed by atoms with Gasteiger partial charge in [0.2, 0.25) is 0 Å². The summed E-state index contributed by atoms with van der Waals surface area (Å²) in [6, 6.07) is 31.5. The van der Waals surface area contributed by atoms with Crippen LogP contribution in [0.3, 0.4) is 0 Å². The number of rotatable bonds is 10. The van der Waals surface area contributed by atoms with Crippen LogP contribution in [0.1, 0.15) is 41.4 Å². The first-order chi connectivity index (χ1) is 22.9. The van der Waals surface area contributed by atoms with Gasteiger partial charge in [0.15, 0.2) is 30.8 Å². The molecule has 10 nitrogen and oxygen atoms in total. The molecular weight excluding hydrogens is 611 g/mol. The molecule has 3 unspecified atom stereocenters. The number of benzene rings is 4. The van der Waals surface area contributed by atoms with Gasteiger partial charge >= 0.3 is 23.9 Å². The van der Waals surface area contributed by atoms with Crippen LogP contribution < -0.4 is 0 Å². The van der Waals surface area contributed by atoms with E-state index in [1.165, 1.54) is 48.5 Å². The van der Waals surface area contributed by atoms with E-state index in [2.05, 4.69) is 0 Å². The quantitative estimate of drug-likeness (QED) is 0.168. The summed E-state index contributed by atoms with van der Waals surface area (Å²) in [5.74, 6) is -3.52. The standard InChI is InChI=1S/C36H31FO10/c1-42-36-28(37)30(46-34(40)25-18-10-4-11-19-25)31(47-35(41)26-20-12-5-13-21-26)29(45-33(39)24-16-8-3-9-17-24)27(44-36)22-43-32(38)23-14-6-2-7-15-23/h2-21,27-31,36H,22H2,1H3/t27?,28?,29-,30?,31-,36+/m0/s1. The fourth-order valence-electron chi connectivity index (χ4n) is 4.90. The van der Waals surface area contributed by atoms with Crippen molar-refractivity contribution in [2.24, 2.45) is 0 Å². The maximum Gasteiger partial charge on any atom is 0.338 e. The Kier molecular flexibility index (Phi) is 11.1. The van der Waals surface area contributed by atoms with Crippen LogP contribution in [0, 0.1) is 0 Å². The Morgan fingerprint density at radius 3 is 1.32 bits per heavy atom. The third-order valence-corrected chi connectivity index (χ3v) is 7.28. The van der Waals surface area contributed by atoms with Gasteiger partial charge in [0.05, 0.1) is 22.3 Å². The van der Waals surface area contributed by atoms with Crippen molar-refractivity contribution >= 4 is 23.9 Å². The number of alkyl halides is 1. The van der Waals surface area contributed by atoms with Crippen molar-refractivity contribution in [3.05, 3.63) is 144 Å². The largest absolute Gasteiger partial charge is 0.459 e. The Morgan fingerprint density at radius 2 is 0.915 bits per heavy atom. The predicted molar refractivity (Wildman–Crippen MR) is 164 cm³/mol. The minimum Gasteiger partial charge on any atom is -0.459 e. The molecule has 4 aromatic rings. The summed E-state index contributed by atoms with van der Waals surface area (Å²) in [5.41, 5.74) is 0.498. The first-order valence-electron chi connectivity index (χ1n) is 14.7. The third kappa shape index (κ3) is 8.26. The van der Waals surface area contributed by atoms with Gasteiger partial charge in [0, 0.05) is 7.11 Å². The molecule has 0 N–H and O–H groups in total. The van der Waals surface area contributed by atoms with Crippen molar-refractivity contribution in [1.82, 2.24) is 0 Å². The summed E-state index contributed by atoms with van der Waals surface area (Å²) in [6.45, 7) is -0.591. The van der Waals surface area contributed by atoms with Gasteiger partial charge in [0.25, 0.3) is 0 Å². The van der Waals surface area contributed by atoms with E-state index >= 15 is 4.39 Å². The van der Waals surface area contributed by atoms with E-state index < -0.39 is 67.4 Å². The molecule has 0 bridgehead atoms. The van der Waals surface area contributed by atoms with Gasteiger partial charge in [-0.1, -0.05) is 72.8 Å². The Balaban J connectivity index is 1.56. The number of ether oxygens (including phenoxy) is 6. The van der Waals surface area contributed by atoms with Crippen LogP contribution in [0.4, 0.5) is 4.39 Å². The average Bonchev–Trinajstić information content (AvgIpc) is 3.22. The minimum atomic E-state index is -2.27. The molecule has 5 rings (SSSR count). The van der Waals surface area contributed by atoms with E-state index in [1.807, 2.05) is 0 Å².